The Kier molecular flexibility index (Phi) is 15.4. The first-order valence-electron chi connectivity index (χ1n) is 14.1. The maximum atomic E-state index is 12.4. The van der Waals surface area contributed by atoms with Gasteiger partial charge in [0.15, 0.2) is 0 Å². The maximum absolute atomic E-state index is 12.4. The van der Waals surface area contributed by atoms with E-state index in [0.717, 1.165) is 49.0 Å². The van der Waals surface area contributed by atoms with Gasteiger partial charge >= 0.3 is 5.97 Å². The van der Waals surface area contributed by atoms with Crippen molar-refractivity contribution in [3.05, 3.63) is 59.7 Å². The Morgan fingerprint density at radius 2 is 1.63 bits per heavy atom. The molecule has 6 heteroatoms. The molecule has 0 aliphatic rings. The summed E-state index contributed by atoms with van der Waals surface area (Å²) in [6.45, 7) is 2.77. The van der Waals surface area contributed by atoms with Crippen molar-refractivity contribution in [1.82, 2.24) is 0 Å². The van der Waals surface area contributed by atoms with Gasteiger partial charge in [0, 0.05) is 18.5 Å². The number of carboxylic acid groups (broad SMARTS) is 1. The van der Waals surface area contributed by atoms with Crippen LogP contribution >= 0.6 is 0 Å². The highest BCUT2D eigenvalue weighted by molar-refractivity contribution is 5.90. The number of aryl methyl sites for hydroxylation is 1. The highest BCUT2D eigenvalue weighted by atomic mass is 16.5. The third-order valence-electron chi connectivity index (χ3n) is 6.41. The van der Waals surface area contributed by atoms with Crippen LogP contribution in [0.4, 0.5) is 5.69 Å². The van der Waals surface area contributed by atoms with Gasteiger partial charge in [-0.3, -0.25) is 9.59 Å². The summed E-state index contributed by atoms with van der Waals surface area (Å²) in [5.41, 5.74) is 2.63. The molecule has 0 saturated heterocycles. The molecular weight excluding hydrogens is 478 g/mol. The minimum atomic E-state index is -0.854. The molecule has 0 spiro atoms. The zero-order chi connectivity index (χ0) is 27.4. The Balaban J connectivity index is 1.76. The maximum Gasteiger partial charge on any atom is 0.303 e. The highest BCUT2D eigenvalue weighted by Crippen LogP contribution is 2.25. The minimum Gasteiger partial charge on any atom is -0.497 e. The van der Waals surface area contributed by atoms with Crippen molar-refractivity contribution in [2.75, 3.05) is 19.0 Å². The average molecular weight is 524 g/mol. The topological polar surface area (TPSA) is 84.9 Å². The summed E-state index contributed by atoms with van der Waals surface area (Å²) in [7, 11) is 1.66. The van der Waals surface area contributed by atoms with Crippen molar-refractivity contribution in [2.24, 2.45) is 0 Å². The Morgan fingerprint density at radius 3 is 2.34 bits per heavy atom. The number of unbranched alkanes of at least 4 members (excludes halogenated alkanes) is 8. The Bertz CT molecular complexity index is 984. The second kappa shape index (κ2) is 18.9. The van der Waals surface area contributed by atoms with Gasteiger partial charge in [-0.15, -0.1) is 0 Å². The first-order valence-corrected chi connectivity index (χ1v) is 14.1. The number of carbonyl (C=O) groups is 2. The van der Waals surface area contributed by atoms with Crippen LogP contribution in [-0.2, 0) is 16.0 Å². The third-order valence-corrected chi connectivity index (χ3v) is 6.41. The van der Waals surface area contributed by atoms with Crippen LogP contribution in [0.3, 0.4) is 0 Å². The number of methoxy groups -OCH3 is 1. The van der Waals surface area contributed by atoms with Crippen LogP contribution in [0.2, 0.25) is 0 Å². The smallest absolute Gasteiger partial charge is 0.303 e. The summed E-state index contributed by atoms with van der Waals surface area (Å²) in [6.07, 6.45) is 16.1. The first-order chi connectivity index (χ1) is 18.5. The van der Waals surface area contributed by atoms with Gasteiger partial charge < -0.3 is 19.9 Å². The molecule has 38 heavy (non-hydrogen) atoms. The largest absolute Gasteiger partial charge is 0.497 e. The van der Waals surface area contributed by atoms with Gasteiger partial charge in [-0.1, -0.05) is 69.7 Å². The van der Waals surface area contributed by atoms with Gasteiger partial charge in [0.05, 0.1) is 13.7 Å². The lowest BCUT2D eigenvalue weighted by molar-refractivity contribution is -0.137. The zero-order valence-corrected chi connectivity index (χ0v) is 23.2. The van der Waals surface area contributed by atoms with E-state index in [-0.39, 0.29) is 12.3 Å². The molecule has 0 atom stereocenters. The number of nitrogens with one attached hydrogen (secondary N) is 1. The van der Waals surface area contributed by atoms with Crippen LogP contribution in [0.5, 0.6) is 11.5 Å². The zero-order valence-electron chi connectivity index (χ0n) is 23.2. The number of benzene rings is 2. The minimum absolute atomic E-state index is 0.000828. The number of ether oxygens (including phenoxy) is 2. The first kappa shape index (κ1) is 30.9. The molecule has 0 aromatic heterocycles. The second-order valence-corrected chi connectivity index (χ2v) is 9.66. The van der Waals surface area contributed by atoms with Gasteiger partial charge in [0.1, 0.15) is 11.5 Å². The van der Waals surface area contributed by atoms with E-state index in [4.69, 9.17) is 14.6 Å². The van der Waals surface area contributed by atoms with Crippen LogP contribution in [0.25, 0.3) is 6.08 Å². The van der Waals surface area contributed by atoms with Crippen LogP contribution < -0.4 is 14.8 Å². The molecule has 6 nitrogen and oxygen atoms in total. The van der Waals surface area contributed by atoms with Gasteiger partial charge in [0.25, 0.3) is 0 Å². The fourth-order valence-electron chi connectivity index (χ4n) is 4.18. The molecule has 208 valence electrons. The number of allylic oxidation sites excluding steroid dienone is 1. The number of aliphatic carboxylic acids is 1. The normalized spacial score (nSPS) is 11.0. The molecule has 0 unspecified atom stereocenters. The summed E-state index contributed by atoms with van der Waals surface area (Å²) in [5.74, 6) is 0.679. The SMILES string of the molecule is CCCCCCCCCC(=O)Nc1ccc(OCCCCC=Cc2ccc(OC)cc2)c(CCC(=O)O)c1. The van der Waals surface area contributed by atoms with E-state index >= 15 is 0 Å². The molecule has 0 heterocycles. The third kappa shape index (κ3) is 13.3. The predicted octanol–water partition coefficient (Wildman–Crippen LogP) is 8.05. The summed E-state index contributed by atoms with van der Waals surface area (Å²) >= 11 is 0. The lowest BCUT2D eigenvalue weighted by Gasteiger charge is -2.13. The Hall–Kier alpha value is -3.28. The van der Waals surface area contributed by atoms with Crippen LogP contribution in [0.1, 0.15) is 95.1 Å². The predicted molar refractivity (Wildman–Crippen MR) is 155 cm³/mol. The molecule has 0 bridgehead atoms. The van der Waals surface area contributed by atoms with Crippen molar-refractivity contribution >= 4 is 23.6 Å². The number of hydrogen-bond acceptors (Lipinski definition) is 4. The standard InChI is InChI=1S/C32H45NO5/c1-3-4-5-6-7-8-12-15-31(34)33-28-19-22-30(27(25-28)18-23-32(35)36)38-24-13-10-9-11-14-26-16-20-29(37-2)21-17-26/h11,14,16-17,19-22,25H,3-10,12-13,15,18,23-24H2,1-2H3,(H,33,34)(H,35,36). The molecule has 0 aliphatic heterocycles. The van der Waals surface area contributed by atoms with E-state index in [0.29, 0.717) is 30.9 Å². The molecule has 0 saturated carbocycles. The molecule has 0 fully saturated rings. The summed E-state index contributed by atoms with van der Waals surface area (Å²) in [4.78, 5) is 23.5. The highest BCUT2D eigenvalue weighted by Gasteiger charge is 2.10. The van der Waals surface area contributed by atoms with Crippen molar-refractivity contribution in [1.29, 1.82) is 0 Å². The average Bonchev–Trinajstić information content (AvgIpc) is 2.92. The quantitative estimate of drug-likeness (QED) is 0.171. The Morgan fingerprint density at radius 1 is 0.895 bits per heavy atom. The number of carboxylic acids is 1. The fraction of sp³-hybridized carbons (Fsp3) is 0.500. The molecule has 2 rings (SSSR count). The van der Waals surface area contributed by atoms with E-state index in [1.807, 2.05) is 42.5 Å². The van der Waals surface area contributed by atoms with Crippen LogP contribution in [0, 0.1) is 0 Å². The molecular formula is C32H45NO5. The second-order valence-electron chi connectivity index (χ2n) is 9.66. The molecule has 2 aromatic carbocycles. The number of anilines is 1. The van der Waals surface area contributed by atoms with E-state index in [1.165, 1.54) is 32.1 Å². The van der Waals surface area contributed by atoms with E-state index in [2.05, 4.69) is 24.4 Å². The number of amides is 1. The number of carbonyl (C=O) groups excluding carboxylic acids is 1. The number of hydrogen-bond donors (Lipinski definition) is 2. The van der Waals surface area contributed by atoms with Gasteiger partial charge in [-0.2, -0.15) is 0 Å². The van der Waals surface area contributed by atoms with Crippen molar-refractivity contribution in [3.63, 3.8) is 0 Å². The summed E-state index contributed by atoms with van der Waals surface area (Å²) < 4.78 is 11.2. The molecule has 2 aromatic rings. The lowest BCUT2D eigenvalue weighted by Crippen LogP contribution is -2.12. The number of rotatable bonds is 20. The summed E-state index contributed by atoms with van der Waals surface area (Å²) in [5, 5.41) is 12.1. The van der Waals surface area contributed by atoms with Gasteiger partial charge in [0.2, 0.25) is 5.91 Å². The molecule has 2 N–H and O–H groups in total. The fourth-order valence-corrected chi connectivity index (χ4v) is 4.18. The van der Waals surface area contributed by atoms with Crippen molar-refractivity contribution < 1.29 is 24.2 Å². The van der Waals surface area contributed by atoms with Crippen molar-refractivity contribution in [2.45, 2.75) is 90.4 Å². The van der Waals surface area contributed by atoms with Gasteiger partial charge in [-0.25, -0.2) is 0 Å². The van der Waals surface area contributed by atoms with E-state index in [1.54, 1.807) is 7.11 Å². The van der Waals surface area contributed by atoms with Crippen LogP contribution in [-0.4, -0.2) is 30.7 Å². The van der Waals surface area contributed by atoms with E-state index < -0.39 is 5.97 Å². The monoisotopic (exact) mass is 523 g/mol. The summed E-state index contributed by atoms with van der Waals surface area (Å²) in [6, 6.07) is 13.5. The molecule has 0 radical (unpaired) electrons. The molecule has 1 amide bonds. The van der Waals surface area contributed by atoms with Gasteiger partial charge in [-0.05, 0) is 73.6 Å². The Labute approximate surface area is 228 Å². The van der Waals surface area contributed by atoms with Crippen LogP contribution in [0.15, 0.2) is 48.5 Å². The van der Waals surface area contributed by atoms with E-state index in [9.17, 15) is 9.59 Å². The molecule has 0 aliphatic carbocycles. The van der Waals surface area contributed by atoms with Crippen molar-refractivity contribution in [3.8, 4) is 11.5 Å². The lowest BCUT2D eigenvalue weighted by atomic mass is 10.1.